The summed E-state index contributed by atoms with van der Waals surface area (Å²) in [5.74, 6) is 0. The zero-order valence-corrected chi connectivity index (χ0v) is 9.30. The first-order chi connectivity index (χ1) is 8.08. The van der Waals surface area contributed by atoms with Crippen molar-refractivity contribution in [2.45, 2.75) is 19.4 Å². The highest BCUT2D eigenvalue weighted by molar-refractivity contribution is 5.68. The summed E-state index contributed by atoms with van der Waals surface area (Å²) in [6, 6.07) is 4.77. The number of aryl methyl sites for hydroxylation is 1. The van der Waals surface area contributed by atoms with Crippen LogP contribution in [0.15, 0.2) is 18.2 Å². The highest BCUT2D eigenvalue weighted by Crippen LogP contribution is 2.26. The minimum Gasteiger partial charge on any atom is -0.449 e. The highest BCUT2D eigenvalue weighted by Gasteiger charge is 2.22. The van der Waals surface area contributed by atoms with Crippen molar-refractivity contribution in [2.24, 2.45) is 0 Å². The summed E-state index contributed by atoms with van der Waals surface area (Å²) in [7, 11) is 0. The Labute approximate surface area is 97.7 Å². The lowest BCUT2D eigenvalue weighted by Gasteiger charge is -2.23. The molecule has 1 atom stereocenters. The molecule has 2 rings (SSSR count). The first kappa shape index (κ1) is 11.4. The molecule has 0 aromatic heterocycles. The van der Waals surface area contributed by atoms with Crippen LogP contribution in [-0.2, 0) is 4.74 Å². The molecular formula is C11H12N2O4. The first-order valence-corrected chi connectivity index (χ1v) is 5.26. The number of amides is 1. The average molecular weight is 236 g/mol. The molecule has 0 spiro atoms. The third-order valence-corrected chi connectivity index (χ3v) is 2.76. The molecular weight excluding hydrogens is 224 g/mol. The van der Waals surface area contributed by atoms with Crippen molar-refractivity contribution in [3.05, 3.63) is 39.4 Å². The topological polar surface area (TPSA) is 81.5 Å². The van der Waals surface area contributed by atoms with E-state index in [4.69, 9.17) is 4.74 Å². The maximum Gasteiger partial charge on any atom is 0.407 e. The van der Waals surface area contributed by atoms with Gasteiger partial charge in [0.2, 0.25) is 0 Å². The second kappa shape index (κ2) is 4.40. The fourth-order valence-electron chi connectivity index (χ4n) is 1.82. The van der Waals surface area contributed by atoms with Crippen molar-refractivity contribution in [3.63, 3.8) is 0 Å². The molecule has 0 bridgehead atoms. The van der Waals surface area contributed by atoms with E-state index in [0.717, 1.165) is 5.56 Å². The summed E-state index contributed by atoms with van der Waals surface area (Å²) >= 11 is 0. The van der Waals surface area contributed by atoms with Gasteiger partial charge in [0.1, 0.15) is 0 Å². The van der Waals surface area contributed by atoms with E-state index in [1.54, 1.807) is 19.1 Å². The van der Waals surface area contributed by atoms with Crippen LogP contribution in [0.3, 0.4) is 0 Å². The molecule has 1 aliphatic rings. The van der Waals surface area contributed by atoms with Gasteiger partial charge in [-0.15, -0.1) is 0 Å². The molecule has 17 heavy (non-hydrogen) atoms. The van der Waals surface area contributed by atoms with Crippen molar-refractivity contribution >= 4 is 11.8 Å². The fraction of sp³-hybridized carbons (Fsp3) is 0.364. The summed E-state index contributed by atoms with van der Waals surface area (Å²) in [5, 5.41) is 13.4. The van der Waals surface area contributed by atoms with Crippen LogP contribution in [0.1, 0.15) is 23.6 Å². The number of nitro benzene ring substituents is 1. The molecule has 1 fully saturated rings. The number of hydrogen-bond acceptors (Lipinski definition) is 4. The number of cyclic esters (lactones) is 1. The predicted molar refractivity (Wildman–Crippen MR) is 59.7 cm³/mol. The largest absolute Gasteiger partial charge is 0.449 e. The van der Waals surface area contributed by atoms with E-state index in [2.05, 4.69) is 5.32 Å². The Bertz CT molecular complexity index is 473. The van der Waals surface area contributed by atoms with Crippen LogP contribution < -0.4 is 5.32 Å². The second-order valence-corrected chi connectivity index (χ2v) is 3.92. The normalized spacial score (nSPS) is 19.4. The number of benzene rings is 1. The van der Waals surface area contributed by atoms with E-state index in [-0.39, 0.29) is 11.7 Å². The van der Waals surface area contributed by atoms with Crippen LogP contribution >= 0.6 is 0 Å². The first-order valence-electron chi connectivity index (χ1n) is 5.26. The lowest BCUT2D eigenvalue weighted by molar-refractivity contribution is -0.385. The summed E-state index contributed by atoms with van der Waals surface area (Å²) in [6.07, 6.45) is 0.135. The molecule has 0 radical (unpaired) electrons. The third-order valence-electron chi connectivity index (χ3n) is 2.76. The number of hydrogen-bond donors (Lipinski definition) is 1. The summed E-state index contributed by atoms with van der Waals surface area (Å²) in [4.78, 5) is 21.5. The molecule has 1 aliphatic heterocycles. The van der Waals surface area contributed by atoms with Gasteiger partial charge in [-0.1, -0.05) is 12.1 Å². The molecule has 1 N–H and O–H groups in total. The van der Waals surface area contributed by atoms with Gasteiger partial charge < -0.3 is 10.1 Å². The van der Waals surface area contributed by atoms with Crippen molar-refractivity contribution in [3.8, 4) is 0 Å². The molecule has 1 heterocycles. The SMILES string of the molecule is Cc1ccc([C@H]2CCOC(=O)N2)cc1[N+](=O)[O-]. The quantitative estimate of drug-likeness (QED) is 0.629. The fourth-order valence-corrected chi connectivity index (χ4v) is 1.82. The monoisotopic (exact) mass is 236 g/mol. The number of carbonyl (C=O) groups is 1. The van der Waals surface area contributed by atoms with Gasteiger partial charge in [-0.2, -0.15) is 0 Å². The van der Waals surface area contributed by atoms with E-state index in [0.29, 0.717) is 18.6 Å². The van der Waals surface area contributed by atoms with Crippen molar-refractivity contribution in [1.29, 1.82) is 0 Å². The zero-order chi connectivity index (χ0) is 12.4. The van der Waals surface area contributed by atoms with Gasteiger partial charge in [0.15, 0.2) is 0 Å². The van der Waals surface area contributed by atoms with E-state index < -0.39 is 11.0 Å². The van der Waals surface area contributed by atoms with E-state index >= 15 is 0 Å². The third kappa shape index (κ3) is 2.35. The van der Waals surface area contributed by atoms with Crippen molar-refractivity contribution < 1.29 is 14.5 Å². The molecule has 1 aromatic rings. The molecule has 0 saturated carbocycles. The Morgan fingerprint density at radius 3 is 2.94 bits per heavy atom. The number of nitrogens with one attached hydrogen (secondary N) is 1. The number of alkyl carbamates (subject to hydrolysis) is 1. The smallest absolute Gasteiger partial charge is 0.407 e. The number of nitrogens with zero attached hydrogens (tertiary/aromatic N) is 1. The van der Waals surface area contributed by atoms with E-state index in [9.17, 15) is 14.9 Å². The van der Waals surface area contributed by atoms with Gasteiger partial charge in [0, 0.05) is 18.1 Å². The van der Waals surface area contributed by atoms with Crippen molar-refractivity contribution in [1.82, 2.24) is 5.32 Å². The van der Waals surface area contributed by atoms with Crippen LogP contribution in [0.5, 0.6) is 0 Å². The number of rotatable bonds is 2. The Hall–Kier alpha value is -2.11. The van der Waals surface area contributed by atoms with Crippen LogP contribution in [0.25, 0.3) is 0 Å². The molecule has 1 aromatic carbocycles. The lowest BCUT2D eigenvalue weighted by Crippen LogP contribution is -2.35. The summed E-state index contributed by atoms with van der Waals surface area (Å²) < 4.78 is 4.75. The van der Waals surface area contributed by atoms with Crippen LogP contribution in [0, 0.1) is 17.0 Å². The van der Waals surface area contributed by atoms with Gasteiger partial charge in [-0.05, 0) is 12.5 Å². The maximum absolute atomic E-state index is 11.1. The molecule has 90 valence electrons. The molecule has 0 aliphatic carbocycles. The summed E-state index contributed by atoms with van der Waals surface area (Å²) in [5.41, 5.74) is 1.42. The van der Waals surface area contributed by atoms with Crippen molar-refractivity contribution in [2.75, 3.05) is 6.61 Å². The second-order valence-electron chi connectivity index (χ2n) is 3.92. The van der Waals surface area contributed by atoms with Crippen LogP contribution in [0.4, 0.5) is 10.5 Å². The zero-order valence-electron chi connectivity index (χ0n) is 9.30. The summed E-state index contributed by atoms with van der Waals surface area (Å²) in [6.45, 7) is 2.02. The number of carbonyl (C=O) groups excluding carboxylic acids is 1. The van der Waals surface area contributed by atoms with Gasteiger partial charge in [0.25, 0.3) is 5.69 Å². The molecule has 1 saturated heterocycles. The Kier molecular flexibility index (Phi) is 2.95. The molecule has 0 unspecified atom stereocenters. The van der Waals surface area contributed by atoms with E-state index in [1.165, 1.54) is 6.07 Å². The Morgan fingerprint density at radius 2 is 2.29 bits per heavy atom. The number of nitro groups is 1. The maximum atomic E-state index is 11.1. The van der Waals surface area contributed by atoms with Gasteiger partial charge in [0.05, 0.1) is 17.6 Å². The van der Waals surface area contributed by atoms with E-state index in [1.807, 2.05) is 0 Å². The van der Waals surface area contributed by atoms with Gasteiger partial charge in [-0.3, -0.25) is 10.1 Å². The molecule has 1 amide bonds. The predicted octanol–water partition coefficient (Wildman–Crippen LogP) is 2.07. The minimum atomic E-state index is -0.482. The molecule has 6 heteroatoms. The Balaban J connectivity index is 2.29. The standard InChI is InChI=1S/C11H12N2O4/c1-7-2-3-8(6-10(7)13(15)16)9-4-5-17-11(14)12-9/h2-3,6,9H,4-5H2,1H3,(H,12,14)/t9-/m1/s1. The van der Waals surface area contributed by atoms with Crippen LogP contribution in [0.2, 0.25) is 0 Å². The lowest BCUT2D eigenvalue weighted by atomic mass is 10.0. The average Bonchev–Trinajstić information content (AvgIpc) is 2.29. The van der Waals surface area contributed by atoms with Gasteiger partial charge in [-0.25, -0.2) is 4.79 Å². The highest BCUT2D eigenvalue weighted by atomic mass is 16.6. The van der Waals surface area contributed by atoms with Crippen LogP contribution in [-0.4, -0.2) is 17.6 Å². The minimum absolute atomic E-state index is 0.0724. The Morgan fingerprint density at radius 1 is 1.53 bits per heavy atom. The molecule has 6 nitrogen and oxygen atoms in total. The van der Waals surface area contributed by atoms with Gasteiger partial charge >= 0.3 is 6.09 Å². The number of ether oxygens (including phenoxy) is 1.